The SMILES string of the molecule is CCOC(=O)[C@@H](C)c1ccc2c(c1)=N[C@@H]1C=CC(Cl)=CC=21. The number of esters is 1. The zero-order valence-corrected chi connectivity index (χ0v) is 12.7. The average Bonchev–Trinajstić information content (AvgIpc) is 2.83. The van der Waals surface area contributed by atoms with Gasteiger partial charge in [0.05, 0.1) is 23.9 Å². The summed E-state index contributed by atoms with van der Waals surface area (Å²) in [6.45, 7) is 4.06. The molecule has 21 heavy (non-hydrogen) atoms. The predicted molar refractivity (Wildman–Crippen MR) is 82.5 cm³/mol. The molecule has 0 fully saturated rings. The van der Waals surface area contributed by atoms with Gasteiger partial charge in [-0.3, -0.25) is 9.79 Å². The number of carbonyl (C=O) groups excluding carboxylic acids is 1. The summed E-state index contributed by atoms with van der Waals surface area (Å²) in [6, 6.07) is 5.98. The molecule has 0 aromatic heterocycles. The summed E-state index contributed by atoms with van der Waals surface area (Å²) in [4.78, 5) is 16.5. The van der Waals surface area contributed by atoms with Gasteiger partial charge in [0.15, 0.2) is 0 Å². The summed E-state index contributed by atoms with van der Waals surface area (Å²) in [5.74, 6) is -0.490. The number of fused-ring (bicyclic) bond motifs is 2. The van der Waals surface area contributed by atoms with E-state index in [2.05, 4.69) is 4.99 Å². The van der Waals surface area contributed by atoms with Gasteiger partial charge in [-0.25, -0.2) is 0 Å². The Kier molecular flexibility index (Phi) is 3.68. The van der Waals surface area contributed by atoms with Crippen LogP contribution < -0.4 is 10.6 Å². The molecule has 0 bridgehead atoms. The number of hydrogen-bond acceptors (Lipinski definition) is 3. The summed E-state index contributed by atoms with van der Waals surface area (Å²) in [5.41, 5.74) is 2.04. The minimum atomic E-state index is -0.284. The van der Waals surface area contributed by atoms with E-state index in [0.717, 1.165) is 21.7 Å². The molecule has 0 amide bonds. The third-order valence-corrected chi connectivity index (χ3v) is 4.04. The number of rotatable bonds is 3. The third-order valence-electron chi connectivity index (χ3n) is 3.80. The number of allylic oxidation sites excluding steroid dienone is 2. The van der Waals surface area contributed by atoms with E-state index in [0.29, 0.717) is 11.6 Å². The Morgan fingerprint density at radius 2 is 2.29 bits per heavy atom. The summed E-state index contributed by atoms with van der Waals surface area (Å²) in [5, 5.41) is 2.71. The second kappa shape index (κ2) is 5.49. The molecule has 1 aromatic carbocycles. The van der Waals surface area contributed by atoms with Crippen molar-refractivity contribution in [2.45, 2.75) is 25.8 Å². The van der Waals surface area contributed by atoms with E-state index >= 15 is 0 Å². The monoisotopic (exact) mass is 301 g/mol. The molecule has 3 nitrogen and oxygen atoms in total. The fourth-order valence-corrected chi connectivity index (χ4v) is 2.83. The Labute approximate surface area is 128 Å². The second-order valence-electron chi connectivity index (χ2n) is 5.17. The van der Waals surface area contributed by atoms with Crippen LogP contribution in [0, 0.1) is 0 Å². The fourth-order valence-electron chi connectivity index (χ4n) is 2.64. The van der Waals surface area contributed by atoms with Gasteiger partial charge in [0, 0.05) is 10.3 Å². The largest absolute Gasteiger partial charge is 0.466 e. The molecule has 0 N–H and O–H groups in total. The van der Waals surface area contributed by atoms with E-state index in [4.69, 9.17) is 16.3 Å². The zero-order valence-electron chi connectivity index (χ0n) is 12.0. The van der Waals surface area contributed by atoms with Crippen molar-refractivity contribution in [2.75, 3.05) is 6.61 Å². The van der Waals surface area contributed by atoms with Crippen molar-refractivity contribution in [3.05, 3.63) is 57.6 Å². The first kappa shape index (κ1) is 14.1. The van der Waals surface area contributed by atoms with Crippen molar-refractivity contribution in [3.8, 4) is 0 Å². The number of carbonyl (C=O) groups is 1. The van der Waals surface area contributed by atoms with Gasteiger partial charge in [0.25, 0.3) is 0 Å². The number of ether oxygens (including phenoxy) is 1. The van der Waals surface area contributed by atoms with E-state index < -0.39 is 0 Å². The maximum absolute atomic E-state index is 11.8. The molecule has 0 unspecified atom stereocenters. The van der Waals surface area contributed by atoms with E-state index in [1.807, 2.05) is 50.3 Å². The lowest BCUT2D eigenvalue weighted by molar-refractivity contribution is -0.144. The van der Waals surface area contributed by atoms with Crippen LogP contribution in [0.2, 0.25) is 0 Å². The lowest BCUT2D eigenvalue weighted by atomic mass is 9.98. The van der Waals surface area contributed by atoms with Crippen LogP contribution in [-0.4, -0.2) is 18.6 Å². The summed E-state index contributed by atoms with van der Waals surface area (Å²) >= 11 is 6.06. The Morgan fingerprint density at radius 1 is 1.48 bits per heavy atom. The summed E-state index contributed by atoms with van der Waals surface area (Å²) in [7, 11) is 0. The molecule has 1 aliphatic carbocycles. The van der Waals surface area contributed by atoms with Crippen molar-refractivity contribution in [3.63, 3.8) is 0 Å². The van der Waals surface area contributed by atoms with Gasteiger partial charge in [-0.1, -0.05) is 29.8 Å². The molecule has 0 saturated carbocycles. The molecule has 2 aliphatic rings. The van der Waals surface area contributed by atoms with Crippen molar-refractivity contribution >= 4 is 23.1 Å². The van der Waals surface area contributed by atoms with Gasteiger partial charge in [-0.2, -0.15) is 0 Å². The number of halogens is 1. The van der Waals surface area contributed by atoms with E-state index in [1.54, 1.807) is 0 Å². The number of nitrogens with zero attached hydrogens (tertiary/aromatic N) is 1. The van der Waals surface area contributed by atoms with Crippen LogP contribution in [0.1, 0.15) is 25.3 Å². The van der Waals surface area contributed by atoms with Gasteiger partial charge in [0.1, 0.15) is 0 Å². The third kappa shape index (κ3) is 2.54. The Bertz CT molecular complexity index is 776. The van der Waals surface area contributed by atoms with Crippen molar-refractivity contribution in [2.24, 2.45) is 4.99 Å². The molecule has 4 heteroatoms. The highest BCUT2D eigenvalue weighted by Gasteiger charge is 2.21. The topological polar surface area (TPSA) is 38.7 Å². The summed E-state index contributed by atoms with van der Waals surface area (Å²) in [6.07, 6.45) is 5.81. The maximum atomic E-state index is 11.8. The molecular formula is C17H16ClNO2. The highest BCUT2D eigenvalue weighted by atomic mass is 35.5. The zero-order chi connectivity index (χ0) is 15.0. The Morgan fingerprint density at radius 3 is 3.05 bits per heavy atom. The molecule has 1 heterocycles. The van der Waals surface area contributed by atoms with Crippen LogP contribution in [0.3, 0.4) is 0 Å². The van der Waals surface area contributed by atoms with E-state index in [9.17, 15) is 4.79 Å². The molecule has 0 spiro atoms. The standard InChI is InChI=1S/C17H16ClNO2/c1-3-21-17(20)10(2)11-4-6-13-14-9-12(18)5-7-15(14)19-16(13)8-11/h4-10,15H,3H2,1-2H3/t10-,15+/m0/s1. The lowest BCUT2D eigenvalue weighted by Crippen LogP contribution is -2.25. The lowest BCUT2D eigenvalue weighted by Gasteiger charge is -2.10. The minimum Gasteiger partial charge on any atom is -0.466 e. The smallest absolute Gasteiger partial charge is 0.313 e. The van der Waals surface area contributed by atoms with Crippen LogP contribution >= 0.6 is 11.6 Å². The fraction of sp³-hybridized carbons (Fsp3) is 0.294. The molecule has 108 valence electrons. The first-order valence-electron chi connectivity index (χ1n) is 7.04. The highest BCUT2D eigenvalue weighted by molar-refractivity contribution is 6.32. The molecule has 2 atom stereocenters. The minimum absolute atomic E-state index is 0.0376. The van der Waals surface area contributed by atoms with Gasteiger partial charge < -0.3 is 4.74 Å². The first-order chi connectivity index (χ1) is 10.1. The molecule has 1 aromatic rings. The normalized spacial score (nSPS) is 20.2. The van der Waals surface area contributed by atoms with Crippen LogP contribution in [0.15, 0.2) is 46.5 Å². The predicted octanol–water partition coefficient (Wildman–Crippen LogP) is 2.20. The number of benzene rings is 1. The summed E-state index contributed by atoms with van der Waals surface area (Å²) < 4.78 is 5.07. The van der Waals surface area contributed by atoms with Crippen LogP contribution in [-0.2, 0) is 9.53 Å². The van der Waals surface area contributed by atoms with E-state index in [1.165, 1.54) is 0 Å². The van der Waals surface area contributed by atoms with Crippen molar-refractivity contribution in [1.29, 1.82) is 0 Å². The van der Waals surface area contributed by atoms with Gasteiger partial charge in [0.2, 0.25) is 0 Å². The van der Waals surface area contributed by atoms with Crippen LogP contribution in [0.25, 0.3) is 5.57 Å². The molecule has 0 radical (unpaired) electrons. The van der Waals surface area contributed by atoms with Crippen LogP contribution in [0.5, 0.6) is 0 Å². The molecule has 0 saturated heterocycles. The second-order valence-corrected chi connectivity index (χ2v) is 5.60. The molecule has 3 rings (SSSR count). The number of hydrogen-bond donors (Lipinski definition) is 0. The van der Waals surface area contributed by atoms with Crippen LogP contribution in [0.4, 0.5) is 0 Å². The highest BCUT2D eigenvalue weighted by Crippen LogP contribution is 2.23. The first-order valence-corrected chi connectivity index (χ1v) is 7.42. The Balaban J connectivity index is 2.03. The maximum Gasteiger partial charge on any atom is 0.313 e. The Hall–Kier alpha value is -1.87. The van der Waals surface area contributed by atoms with Crippen molar-refractivity contribution in [1.82, 2.24) is 0 Å². The van der Waals surface area contributed by atoms with Gasteiger partial charge >= 0.3 is 5.97 Å². The molecular weight excluding hydrogens is 286 g/mol. The van der Waals surface area contributed by atoms with Gasteiger partial charge in [-0.15, -0.1) is 0 Å². The van der Waals surface area contributed by atoms with E-state index in [-0.39, 0.29) is 17.9 Å². The van der Waals surface area contributed by atoms with Crippen molar-refractivity contribution < 1.29 is 9.53 Å². The molecule has 1 aliphatic heterocycles. The average molecular weight is 302 g/mol. The van der Waals surface area contributed by atoms with Gasteiger partial charge in [-0.05, 0) is 43.2 Å². The quantitative estimate of drug-likeness (QED) is 0.803.